The molecule has 6 saturated heterocycles. The zero-order valence-corrected chi connectivity index (χ0v) is 71.3. The van der Waals surface area contributed by atoms with Crippen LogP contribution in [0.5, 0.6) is 34.5 Å². The van der Waals surface area contributed by atoms with Crippen molar-refractivity contribution in [2.75, 3.05) is 94.5 Å². The first kappa shape index (κ1) is 87.3. The van der Waals surface area contributed by atoms with Crippen molar-refractivity contribution in [3.05, 3.63) is 304 Å². The number of hydrogen-bond donors (Lipinski definition) is 9. The molecule has 6 aliphatic rings. The van der Waals surface area contributed by atoms with Crippen LogP contribution in [0.15, 0.2) is 237 Å². The molecule has 12 aromatic rings. The molecule has 12 aromatic carbocycles. The molecule has 0 radical (unpaired) electrons. The van der Waals surface area contributed by atoms with E-state index < -0.39 is 11.6 Å². The number of rotatable bonds is 24. The third-order valence-corrected chi connectivity index (χ3v) is 23.5. The van der Waals surface area contributed by atoms with E-state index >= 15 is 0 Å². The molecular formula is C104H102F4N10O9. The van der Waals surface area contributed by atoms with Crippen molar-refractivity contribution in [3.8, 4) is 107 Å². The fourth-order valence-electron chi connectivity index (χ4n) is 16.4. The molecule has 18 rings (SSSR count). The summed E-state index contributed by atoms with van der Waals surface area (Å²) >= 11 is 0. The second-order valence-electron chi connectivity index (χ2n) is 33.0. The number of carbonyl (C=O) groups is 3. The maximum Gasteiger partial charge on any atom is 0.255 e. The van der Waals surface area contributed by atoms with E-state index in [1.54, 1.807) is 86.6 Å². The average molecular weight is 1710 g/mol. The topological polar surface area (TPSA) is 239 Å². The quantitative estimate of drug-likeness (QED) is 0.0256. The molecule has 127 heavy (non-hydrogen) atoms. The Bertz CT molecular complexity index is 5990. The van der Waals surface area contributed by atoms with Gasteiger partial charge in [0.25, 0.3) is 17.7 Å². The van der Waals surface area contributed by atoms with E-state index in [9.17, 15) is 37.2 Å². The van der Waals surface area contributed by atoms with Crippen molar-refractivity contribution in [1.82, 2.24) is 31.9 Å². The van der Waals surface area contributed by atoms with E-state index in [2.05, 4.69) is 79.0 Å². The largest absolute Gasteiger partial charge is 0.488 e. The third kappa shape index (κ3) is 22.2. The molecule has 0 saturated carbocycles. The highest BCUT2D eigenvalue weighted by Crippen LogP contribution is 2.42. The van der Waals surface area contributed by atoms with E-state index in [1.165, 1.54) is 18.2 Å². The van der Waals surface area contributed by atoms with Crippen LogP contribution in [-0.4, -0.2) is 133 Å². The number of hydrogen-bond acceptors (Lipinski definition) is 16. The molecule has 6 aliphatic heterocycles. The van der Waals surface area contributed by atoms with Crippen LogP contribution in [0, 0.1) is 62.3 Å². The molecule has 0 bridgehead atoms. The zero-order chi connectivity index (χ0) is 87.9. The molecule has 0 unspecified atom stereocenters. The standard InChI is InChI=1S/C35H33FN4O3.C35H36FN3O3.C34H33F2N3O3/c1-22-16-25(6-9-32(22)36)30-17-26(7-10-33(30)42-28-12-14-38-20-28)35(41)40-27-8-11-34(43-29-13-15-39-21-29)31(18-27)24-4-2-23(19-37)3-5-24;1-22-4-3-5-24(16-22)31-19-27(8-11-34(31)42-29-13-15-38-21-29)39-35(40)26-7-10-33(41-28-12-14-37-20-28)30(18-26)25-6-9-32(36)23(2)17-25;1-21-2-4-22(5-3-21)29-18-25(8-11-33(29)42-27-13-15-38-20-27)39-34(40)24-7-10-32(41-26-12-14-37-19-26)28(16-24)23-6-9-30(35)31(36)17-23/h2-11,16-18,28-29,38-39H,12-15,20-21H2,1H3,(H,40,41);3-11,16-19,28-29,37-38H,12-15,20-21H2,1-2H3,(H,39,40);2-11,16-18,26-27,37-38H,12-15,19-20H2,1H3,(H,39,40)/t2*28-,29-;26-,27-/m000/s1. The van der Waals surface area contributed by atoms with Crippen LogP contribution >= 0.6 is 0 Å². The maximum absolute atomic E-state index is 14.2. The second kappa shape index (κ2) is 40.9. The molecule has 0 spiro atoms. The van der Waals surface area contributed by atoms with Crippen LogP contribution in [0.1, 0.15) is 97.4 Å². The number of nitrogens with zero attached hydrogens (tertiary/aromatic N) is 1. The Balaban J connectivity index is 0.000000140. The molecule has 0 aromatic heterocycles. The number of aryl methyl sites for hydroxylation is 4. The molecule has 6 fully saturated rings. The maximum atomic E-state index is 14.2. The smallest absolute Gasteiger partial charge is 0.255 e. The first-order valence-electron chi connectivity index (χ1n) is 43.5. The Morgan fingerprint density at radius 1 is 0.299 bits per heavy atom. The van der Waals surface area contributed by atoms with E-state index in [0.29, 0.717) is 91.1 Å². The predicted molar refractivity (Wildman–Crippen MR) is 490 cm³/mol. The number of nitriles is 1. The van der Waals surface area contributed by atoms with Gasteiger partial charge in [0.2, 0.25) is 0 Å². The fourth-order valence-corrected chi connectivity index (χ4v) is 16.4. The molecule has 650 valence electrons. The van der Waals surface area contributed by atoms with Crippen LogP contribution in [0.2, 0.25) is 0 Å². The van der Waals surface area contributed by atoms with Gasteiger partial charge in [-0.05, 0) is 308 Å². The lowest BCUT2D eigenvalue weighted by molar-refractivity contribution is 0.101. The van der Waals surface area contributed by atoms with Gasteiger partial charge in [0, 0.05) is 106 Å². The summed E-state index contributed by atoms with van der Waals surface area (Å²) in [5.41, 5.74) is 16.7. The van der Waals surface area contributed by atoms with Crippen LogP contribution in [-0.2, 0) is 0 Å². The van der Waals surface area contributed by atoms with Gasteiger partial charge in [-0.1, -0.05) is 90.0 Å². The number of amides is 3. The monoisotopic (exact) mass is 1710 g/mol. The molecule has 23 heteroatoms. The van der Waals surface area contributed by atoms with Crippen molar-refractivity contribution < 1.29 is 60.4 Å². The van der Waals surface area contributed by atoms with E-state index in [4.69, 9.17) is 28.4 Å². The predicted octanol–water partition coefficient (Wildman–Crippen LogP) is 18.9. The summed E-state index contributed by atoms with van der Waals surface area (Å²) < 4.78 is 94.0. The van der Waals surface area contributed by atoms with Gasteiger partial charge in [-0.2, -0.15) is 5.26 Å². The van der Waals surface area contributed by atoms with Crippen molar-refractivity contribution >= 4 is 34.8 Å². The number of benzene rings is 12. The Morgan fingerprint density at radius 3 is 0.898 bits per heavy atom. The van der Waals surface area contributed by atoms with E-state index in [1.807, 2.05) is 122 Å². The minimum atomic E-state index is -0.963. The Labute approximate surface area is 737 Å². The van der Waals surface area contributed by atoms with Gasteiger partial charge in [0.1, 0.15) is 82.8 Å². The minimum Gasteiger partial charge on any atom is -0.488 e. The van der Waals surface area contributed by atoms with Crippen molar-refractivity contribution in [2.45, 2.75) is 103 Å². The molecule has 0 aliphatic carbocycles. The Morgan fingerprint density at radius 2 is 0.591 bits per heavy atom. The first-order valence-corrected chi connectivity index (χ1v) is 43.5. The van der Waals surface area contributed by atoms with Gasteiger partial charge in [-0.15, -0.1) is 0 Å². The van der Waals surface area contributed by atoms with Crippen molar-refractivity contribution in [1.29, 1.82) is 5.26 Å². The van der Waals surface area contributed by atoms with E-state index in [0.717, 1.165) is 201 Å². The van der Waals surface area contributed by atoms with Crippen LogP contribution in [0.25, 0.3) is 66.8 Å². The van der Waals surface area contributed by atoms with Crippen LogP contribution < -0.4 is 76.3 Å². The van der Waals surface area contributed by atoms with Gasteiger partial charge in [0.15, 0.2) is 11.6 Å². The summed E-state index contributed by atoms with van der Waals surface area (Å²) in [6.45, 7) is 17.6. The lowest BCUT2D eigenvalue weighted by Gasteiger charge is -2.19. The van der Waals surface area contributed by atoms with Crippen LogP contribution in [0.4, 0.5) is 34.6 Å². The third-order valence-electron chi connectivity index (χ3n) is 23.5. The summed E-state index contributed by atoms with van der Waals surface area (Å²) in [7, 11) is 0. The average Bonchev–Trinajstić information content (AvgIpc) is 1.80. The highest BCUT2D eigenvalue weighted by atomic mass is 19.2. The SMILES string of the molecule is Cc1cc(-c2cc(C(=O)Nc3ccc(O[C@H]4CCNC4)c(-c4ccc(C#N)cc4)c3)ccc2O[C@H]2CCNC2)ccc1F.Cc1ccc(-c2cc(NC(=O)c3ccc(O[C@H]4CCNC4)c(-c4ccc(F)c(F)c4)c3)ccc2O[C@H]2CCNC2)cc1.Cc1cccc(-c2cc(NC(=O)c3ccc(O[C@H]4CCNC4)c(-c4ccc(F)c(C)c4)c3)ccc2O[C@H]2CCNC2)c1. The summed E-state index contributed by atoms with van der Waals surface area (Å²) in [6.07, 6.45) is 5.73. The highest BCUT2D eigenvalue weighted by molar-refractivity contribution is 6.08. The van der Waals surface area contributed by atoms with Crippen molar-refractivity contribution in [3.63, 3.8) is 0 Å². The second-order valence-corrected chi connectivity index (χ2v) is 33.0. The lowest BCUT2D eigenvalue weighted by Crippen LogP contribution is -2.20. The number of halogens is 4. The zero-order valence-electron chi connectivity index (χ0n) is 71.3. The molecular weight excluding hydrogens is 1610 g/mol. The Hall–Kier alpha value is -13.2. The molecule has 6 atom stereocenters. The summed E-state index contributed by atoms with van der Waals surface area (Å²) in [5, 5.41) is 38.2. The van der Waals surface area contributed by atoms with Crippen molar-refractivity contribution in [2.24, 2.45) is 0 Å². The molecule has 19 nitrogen and oxygen atoms in total. The molecule has 3 amide bonds. The summed E-state index contributed by atoms with van der Waals surface area (Å²) in [4.78, 5) is 40.6. The van der Waals surface area contributed by atoms with Gasteiger partial charge in [-0.25, -0.2) is 17.6 Å². The molecule has 9 N–H and O–H groups in total. The Kier molecular flexibility index (Phi) is 28.1. The number of carbonyl (C=O) groups excluding carboxylic acids is 3. The summed E-state index contributed by atoms with van der Waals surface area (Å²) in [6, 6.07) is 72.4. The first-order chi connectivity index (χ1) is 61.8. The van der Waals surface area contributed by atoms with Gasteiger partial charge in [0.05, 0.1) is 11.6 Å². The van der Waals surface area contributed by atoms with Gasteiger partial charge in [-0.3, -0.25) is 14.4 Å². The van der Waals surface area contributed by atoms with Gasteiger partial charge < -0.3 is 76.3 Å². The normalized spacial score (nSPS) is 18.0. The van der Waals surface area contributed by atoms with Crippen LogP contribution in [0.3, 0.4) is 0 Å². The number of anilines is 3. The summed E-state index contributed by atoms with van der Waals surface area (Å²) in [5.74, 6) is 0.802. The number of nitrogens with one attached hydrogen (secondary N) is 9. The number of ether oxygens (including phenoxy) is 6. The molecule has 6 heterocycles. The minimum absolute atomic E-state index is 0.0290. The van der Waals surface area contributed by atoms with Gasteiger partial charge >= 0.3 is 0 Å². The highest BCUT2D eigenvalue weighted by Gasteiger charge is 2.28. The fraction of sp³-hybridized carbons (Fsp3) is 0.269. The van der Waals surface area contributed by atoms with E-state index in [-0.39, 0.29) is 66.0 Å². The lowest BCUT2D eigenvalue weighted by atomic mass is 9.99.